The number of halogens is 1. The summed E-state index contributed by atoms with van der Waals surface area (Å²) in [6, 6.07) is 15.7. The molecule has 31 heavy (non-hydrogen) atoms. The number of hydrogen-bond donors (Lipinski definition) is 0. The third-order valence-corrected chi connectivity index (χ3v) is 5.76. The second kappa shape index (κ2) is 9.98. The number of hydrogen-bond acceptors (Lipinski definition) is 5. The predicted molar refractivity (Wildman–Crippen MR) is 116 cm³/mol. The molecule has 1 fully saturated rings. The highest BCUT2D eigenvalue weighted by Gasteiger charge is 2.21. The van der Waals surface area contributed by atoms with Crippen molar-refractivity contribution in [1.29, 1.82) is 0 Å². The molecule has 1 aromatic heterocycles. The number of piperazine rings is 1. The van der Waals surface area contributed by atoms with Gasteiger partial charge in [0.25, 0.3) is 5.91 Å². The molecule has 4 rings (SSSR count). The quantitative estimate of drug-likeness (QED) is 0.527. The van der Waals surface area contributed by atoms with Crippen LogP contribution in [0.25, 0.3) is 11.0 Å². The van der Waals surface area contributed by atoms with E-state index in [-0.39, 0.29) is 30.5 Å². The molecule has 0 atom stereocenters. The maximum absolute atomic E-state index is 12.6. The van der Waals surface area contributed by atoms with E-state index >= 15 is 0 Å². The number of ether oxygens (including phenoxy) is 1. The Bertz CT molecular complexity index is 1110. The average molecular weight is 442 g/mol. The molecule has 0 N–H and O–H groups in total. The monoisotopic (exact) mass is 441 g/mol. The minimum absolute atomic E-state index is 0. The molecular weight excluding hydrogens is 416 g/mol. The van der Waals surface area contributed by atoms with Crippen molar-refractivity contribution in [3.05, 3.63) is 75.6 Å². The van der Waals surface area contributed by atoms with Crippen LogP contribution in [0.15, 0.2) is 57.7 Å². The van der Waals surface area contributed by atoms with E-state index in [0.717, 1.165) is 30.6 Å². The van der Waals surface area contributed by atoms with Gasteiger partial charge in [0.15, 0.2) is 6.61 Å². The van der Waals surface area contributed by atoms with Crippen molar-refractivity contribution in [1.82, 2.24) is 9.80 Å². The molecule has 7 heteroatoms. The summed E-state index contributed by atoms with van der Waals surface area (Å²) in [6.07, 6.45) is 0. The van der Waals surface area contributed by atoms with Crippen molar-refractivity contribution in [3.63, 3.8) is 0 Å². The van der Waals surface area contributed by atoms with Crippen LogP contribution >= 0.6 is 0 Å². The van der Waals surface area contributed by atoms with E-state index in [0.29, 0.717) is 30.0 Å². The lowest BCUT2D eigenvalue weighted by Gasteiger charge is -2.34. The number of benzene rings is 2. The van der Waals surface area contributed by atoms with E-state index in [1.54, 1.807) is 19.1 Å². The maximum Gasteiger partial charge on any atom is 0.339 e. The van der Waals surface area contributed by atoms with Gasteiger partial charge in [-0.15, -0.1) is 0 Å². The van der Waals surface area contributed by atoms with Crippen LogP contribution in [-0.4, -0.2) is 48.5 Å². The Kier molecular flexibility index (Phi) is 7.36. The second-order valence-corrected chi connectivity index (χ2v) is 7.73. The summed E-state index contributed by atoms with van der Waals surface area (Å²) in [7, 11) is 0. The largest absolute Gasteiger partial charge is 1.00 e. The molecular formula is C24H26ClN2O4-. The van der Waals surface area contributed by atoms with Gasteiger partial charge in [-0.25, -0.2) is 4.79 Å². The van der Waals surface area contributed by atoms with Crippen LogP contribution < -0.4 is 22.8 Å². The van der Waals surface area contributed by atoms with Crippen LogP contribution in [0.4, 0.5) is 0 Å². The summed E-state index contributed by atoms with van der Waals surface area (Å²) in [4.78, 5) is 28.7. The summed E-state index contributed by atoms with van der Waals surface area (Å²) < 4.78 is 11.1. The summed E-state index contributed by atoms with van der Waals surface area (Å²) >= 11 is 0. The van der Waals surface area contributed by atoms with Gasteiger partial charge in [-0.2, -0.15) is 0 Å². The Morgan fingerprint density at radius 2 is 1.71 bits per heavy atom. The lowest BCUT2D eigenvalue weighted by atomic mass is 10.1. The first-order valence-electron chi connectivity index (χ1n) is 10.2. The number of nitrogens with zero attached hydrogens (tertiary/aromatic N) is 2. The second-order valence-electron chi connectivity index (χ2n) is 7.73. The molecule has 1 aliphatic heterocycles. The fourth-order valence-electron chi connectivity index (χ4n) is 3.75. The SMILES string of the molecule is Cc1c(C)c2ccc(OCC(=O)N3CCN(Cc4ccccc4)CC3)cc2oc1=O.[Cl-]. The Labute approximate surface area is 187 Å². The summed E-state index contributed by atoms with van der Waals surface area (Å²) in [5.41, 5.74) is 2.92. The molecule has 0 aliphatic carbocycles. The maximum atomic E-state index is 12.6. The minimum atomic E-state index is -0.346. The highest BCUT2D eigenvalue weighted by Crippen LogP contribution is 2.24. The van der Waals surface area contributed by atoms with Gasteiger partial charge in [-0.3, -0.25) is 9.69 Å². The zero-order valence-corrected chi connectivity index (χ0v) is 18.5. The number of carbonyl (C=O) groups excluding carboxylic acids is 1. The van der Waals surface area contributed by atoms with E-state index in [1.165, 1.54) is 5.56 Å². The van der Waals surface area contributed by atoms with E-state index in [2.05, 4.69) is 17.0 Å². The van der Waals surface area contributed by atoms with Gasteiger partial charge in [0, 0.05) is 49.7 Å². The summed E-state index contributed by atoms with van der Waals surface area (Å²) in [5, 5.41) is 0.875. The average Bonchev–Trinajstić information content (AvgIpc) is 2.77. The third kappa shape index (κ3) is 5.27. The van der Waals surface area contributed by atoms with Crippen LogP contribution in [0.5, 0.6) is 5.75 Å². The molecule has 1 aliphatic rings. The molecule has 164 valence electrons. The fraction of sp³-hybridized carbons (Fsp3) is 0.333. The van der Waals surface area contributed by atoms with Crippen LogP contribution in [0.3, 0.4) is 0 Å². The molecule has 2 heterocycles. The standard InChI is InChI=1S/C24H26N2O4.ClH/c1-17-18(2)24(28)30-22-14-20(8-9-21(17)22)29-16-23(27)26-12-10-25(11-13-26)15-19-6-4-3-5-7-19;/h3-9,14H,10-13,15-16H2,1-2H3;1H/p-1. The van der Waals surface area contributed by atoms with Crippen molar-refractivity contribution in [3.8, 4) is 5.75 Å². The van der Waals surface area contributed by atoms with Gasteiger partial charge in [0.1, 0.15) is 11.3 Å². The summed E-state index contributed by atoms with van der Waals surface area (Å²) in [6.45, 7) is 7.61. The van der Waals surface area contributed by atoms with Crippen LogP contribution in [0, 0.1) is 13.8 Å². The van der Waals surface area contributed by atoms with Gasteiger partial charge in [0.2, 0.25) is 0 Å². The number of carbonyl (C=O) groups is 1. The number of fused-ring (bicyclic) bond motifs is 1. The van der Waals surface area contributed by atoms with E-state index in [4.69, 9.17) is 9.15 Å². The molecule has 0 spiro atoms. The third-order valence-electron chi connectivity index (χ3n) is 5.76. The molecule has 0 unspecified atom stereocenters. The topological polar surface area (TPSA) is 63.0 Å². The zero-order valence-electron chi connectivity index (χ0n) is 17.8. The van der Waals surface area contributed by atoms with Crippen molar-refractivity contribution >= 4 is 16.9 Å². The highest BCUT2D eigenvalue weighted by atomic mass is 35.5. The van der Waals surface area contributed by atoms with E-state index in [1.807, 2.05) is 36.1 Å². The zero-order chi connectivity index (χ0) is 21.1. The summed E-state index contributed by atoms with van der Waals surface area (Å²) in [5.74, 6) is 0.487. The first kappa shape index (κ1) is 22.8. The van der Waals surface area contributed by atoms with Gasteiger partial charge in [-0.1, -0.05) is 30.3 Å². The lowest BCUT2D eigenvalue weighted by molar-refractivity contribution is -0.135. The minimum Gasteiger partial charge on any atom is -1.00 e. The van der Waals surface area contributed by atoms with Crippen LogP contribution in [0.1, 0.15) is 16.7 Å². The Morgan fingerprint density at radius 1 is 1.00 bits per heavy atom. The number of aryl methyl sites for hydroxylation is 1. The smallest absolute Gasteiger partial charge is 0.339 e. The Balaban J connectivity index is 0.00000272. The van der Waals surface area contributed by atoms with Gasteiger partial charge in [-0.05, 0) is 37.1 Å². The van der Waals surface area contributed by atoms with Crippen molar-refractivity contribution in [2.45, 2.75) is 20.4 Å². The van der Waals surface area contributed by atoms with E-state index < -0.39 is 0 Å². The Hall–Kier alpha value is -2.83. The van der Waals surface area contributed by atoms with Crippen LogP contribution in [0.2, 0.25) is 0 Å². The molecule has 6 nitrogen and oxygen atoms in total. The highest BCUT2D eigenvalue weighted by molar-refractivity contribution is 5.82. The molecule has 3 aromatic rings. The predicted octanol–water partition coefficient (Wildman–Crippen LogP) is 0.137. The lowest BCUT2D eigenvalue weighted by Crippen LogP contribution is -3.00. The first-order chi connectivity index (χ1) is 14.5. The Morgan fingerprint density at radius 3 is 2.42 bits per heavy atom. The molecule has 0 bridgehead atoms. The van der Waals surface area contributed by atoms with E-state index in [9.17, 15) is 9.59 Å². The molecule has 0 radical (unpaired) electrons. The van der Waals surface area contributed by atoms with Crippen molar-refractivity contribution < 1.29 is 26.4 Å². The first-order valence-corrected chi connectivity index (χ1v) is 10.2. The molecule has 0 saturated carbocycles. The van der Waals surface area contributed by atoms with Gasteiger partial charge >= 0.3 is 5.63 Å². The van der Waals surface area contributed by atoms with Crippen LogP contribution in [-0.2, 0) is 11.3 Å². The normalized spacial score (nSPS) is 14.3. The molecule has 1 amide bonds. The molecule has 2 aromatic carbocycles. The van der Waals surface area contributed by atoms with Crippen molar-refractivity contribution in [2.75, 3.05) is 32.8 Å². The molecule has 1 saturated heterocycles. The number of amides is 1. The van der Waals surface area contributed by atoms with Gasteiger partial charge in [0.05, 0.1) is 0 Å². The van der Waals surface area contributed by atoms with Crippen molar-refractivity contribution in [2.24, 2.45) is 0 Å². The van der Waals surface area contributed by atoms with Gasteiger partial charge < -0.3 is 26.5 Å². The fourth-order valence-corrected chi connectivity index (χ4v) is 3.75. The number of rotatable bonds is 5.